The lowest BCUT2D eigenvalue weighted by molar-refractivity contribution is -0.136. The van der Waals surface area contributed by atoms with Gasteiger partial charge in [0, 0.05) is 55.5 Å². The summed E-state index contributed by atoms with van der Waals surface area (Å²) in [5, 5.41) is 0.637. The molecule has 6 heteroatoms. The number of halogens is 1. The van der Waals surface area contributed by atoms with Gasteiger partial charge >= 0.3 is 0 Å². The van der Waals surface area contributed by atoms with E-state index >= 15 is 0 Å². The van der Waals surface area contributed by atoms with Crippen LogP contribution in [0.5, 0.6) is 0 Å². The number of piperazine rings is 1. The van der Waals surface area contributed by atoms with E-state index in [1.54, 1.807) is 4.90 Å². The second-order valence-corrected chi connectivity index (χ2v) is 8.78. The van der Waals surface area contributed by atoms with E-state index in [0.29, 0.717) is 24.7 Å². The lowest BCUT2D eigenvalue weighted by atomic mass is 10.1. The number of hydrogen-bond acceptors (Lipinski definition) is 3. The molecule has 0 saturated carbocycles. The minimum Gasteiger partial charge on any atom is -0.368 e. The molecule has 30 heavy (non-hydrogen) atoms. The molecule has 5 nitrogen and oxygen atoms in total. The fraction of sp³-hybridized carbons (Fsp3) is 0.417. The molecular weight excluding hydrogens is 398 g/mol. The Morgan fingerprint density at radius 1 is 1.00 bits per heavy atom. The summed E-state index contributed by atoms with van der Waals surface area (Å²) in [5.41, 5.74) is 5.57. The van der Waals surface area contributed by atoms with Crippen LogP contribution in [-0.2, 0) is 9.59 Å². The van der Waals surface area contributed by atoms with Gasteiger partial charge in [-0.25, -0.2) is 0 Å². The number of hydrogen-bond donors (Lipinski definition) is 0. The third kappa shape index (κ3) is 3.91. The van der Waals surface area contributed by atoms with E-state index in [9.17, 15) is 9.59 Å². The Hall–Kier alpha value is -2.53. The second kappa shape index (κ2) is 8.31. The maximum Gasteiger partial charge on any atom is 0.228 e. The molecule has 4 rings (SSSR count). The fourth-order valence-electron chi connectivity index (χ4n) is 4.38. The van der Waals surface area contributed by atoms with Crippen LogP contribution < -0.4 is 9.80 Å². The standard InChI is InChI=1S/C24H28ClN3O2/c1-16-5-4-6-22(18(16)3)26-9-11-27(12-10-26)24(30)19-13-23(29)28(15-19)20-8-7-17(2)21(25)14-20/h4-8,14,19H,9-13,15H2,1-3H3. The van der Waals surface area contributed by atoms with Crippen molar-refractivity contribution in [2.24, 2.45) is 5.92 Å². The molecule has 1 atom stereocenters. The second-order valence-electron chi connectivity index (χ2n) is 8.37. The smallest absolute Gasteiger partial charge is 0.228 e. The van der Waals surface area contributed by atoms with Gasteiger partial charge in [-0.15, -0.1) is 0 Å². The maximum absolute atomic E-state index is 13.1. The normalized spacial score (nSPS) is 19.5. The minimum absolute atomic E-state index is 0.0118. The molecule has 1 unspecified atom stereocenters. The van der Waals surface area contributed by atoms with Gasteiger partial charge in [0.1, 0.15) is 0 Å². The molecule has 0 N–H and O–H groups in total. The number of benzene rings is 2. The zero-order chi connectivity index (χ0) is 21.4. The van der Waals surface area contributed by atoms with Crippen molar-refractivity contribution in [2.45, 2.75) is 27.2 Å². The molecule has 2 aliphatic heterocycles. The molecule has 2 fully saturated rings. The third-order valence-electron chi connectivity index (χ3n) is 6.45. The quantitative estimate of drug-likeness (QED) is 0.747. The highest BCUT2D eigenvalue weighted by molar-refractivity contribution is 6.31. The Morgan fingerprint density at radius 3 is 2.43 bits per heavy atom. The monoisotopic (exact) mass is 425 g/mol. The van der Waals surface area contributed by atoms with Crippen LogP contribution in [0.1, 0.15) is 23.1 Å². The Kier molecular flexibility index (Phi) is 5.74. The van der Waals surface area contributed by atoms with Crippen molar-refractivity contribution < 1.29 is 9.59 Å². The summed E-state index contributed by atoms with van der Waals surface area (Å²) in [5.74, 6) is -0.211. The molecule has 158 valence electrons. The SMILES string of the molecule is Cc1ccc(N2CC(C(=O)N3CCN(c4cccc(C)c4C)CC3)CC2=O)cc1Cl. The van der Waals surface area contributed by atoms with Crippen LogP contribution in [0.2, 0.25) is 5.02 Å². The molecule has 2 saturated heterocycles. The predicted octanol–water partition coefficient (Wildman–Crippen LogP) is 3.97. The first-order chi connectivity index (χ1) is 14.3. The fourth-order valence-corrected chi connectivity index (χ4v) is 4.55. The summed E-state index contributed by atoms with van der Waals surface area (Å²) in [6, 6.07) is 12.0. The Balaban J connectivity index is 1.39. The number of amides is 2. The zero-order valence-electron chi connectivity index (χ0n) is 17.8. The summed E-state index contributed by atoms with van der Waals surface area (Å²) < 4.78 is 0. The van der Waals surface area contributed by atoms with Crippen LogP contribution >= 0.6 is 11.6 Å². The minimum atomic E-state index is -0.287. The van der Waals surface area contributed by atoms with Gasteiger partial charge in [0.05, 0.1) is 5.92 Å². The van der Waals surface area contributed by atoms with Gasteiger partial charge in [0.2, 0.25) is 11.8 Å². The molecule has 0 spiro atoms. The van der Waals surface area contributed by atoms with Crippen molar-refractivity contribution in [1.82, 2.24) is 4.90 Å². The van der Waals surface area contributed by atoms with E-state index in [2.05, 4.69) is 36.9 Å². The van der Waals surface area contributed by atoms with Crippen LogP contribution in [0, 0.1) is 26.7 Å². The Morgan fingerprint density at radius 2 is 1.73 bits per heavy atom. The lowest BCUT2D eigenvalue weighted by Gasteiger charge is -2.38. The molecular formula is C24H28ClN3O2. The number of carbonyl (C=O) groups is 2. The molecule has 2 heterocycles. The van der Waals surface area contributed by atoms with Crippen molar-refractivity contribution in [3.8, 4) is 0 Å². The van der Waals surface area contributed by atoms with Gasteiger partial charge in [-0.3, -0.25) is 9.59 Å². The van der Waals surface area contributed by atoms with Gasteiger partial charge in [-0.05, 0) is 55.7 Å². The summed E-state index contributed by atoms with van der Waals surface area (Å²) in [6.07, 6.45) is 0.265. The average molecular weight is 426 g/mol. The van der Waals surface area contributed by atoms with Gasteiger partial charge < -0.3 is 14.7 Å². The van der Waals surface area contributed by atoms with Crippen molar-refractivity contribution in [2.75, 3.05) is 42.5 Å². The van der Waals surface area contributed by atoms with Crippen LogP contribution in [0.15, 0.2) is 36.4 Å². The number of nitrogens with zero attached hydrogens (tertiary/aromatic N) is 3. The Bertz CT molecular complexity index is 982. The number of anilines is 2. The van der Waals surface area contributed by atoms with Crippen molar-refractivity contribution >= 4 is 34.8 Å². The van der Waals surface area contributed by atoms with Crippen molar-refractivity contribution in [3.63, 3.8) is 0 Å². The predicted molar refractivity (Wildman–Crippen MR) is 121 cm³/mol. The number of aryl methyl sites for hydroxylation is 2. The highest BCUT2D eigenvalue weighted by atomic mass is 35.5. The van der Waals surface area contributed by atoms with Crippen LogP contribution in [0.3, 0.4) is 0 Å². The Labute approximate surface area is 183 Å². The van der Waals surface area contributed by atoms with Gasteiger partial charge in [0.15, 0.2) is 0 Å². The first-order valence-electron chi connectivity index (χ1n) is 10.5. The lowest BCUT2D eigenvalue weighted by Crippen LogP contribution is -2.51. The molecule has 0 bridgehead atoms. The summed E-state index contributed by atoms with van der Waals surface area (Å²) in [6.45, 7) is 9.64. The largest absolute Gasteiger partial charge is 0.368 e. The van der Waals surface area contributed by atoms with E-state index in [0.717, 1.165) is 24.3 Å². The van der Waals surface area contributed by atoms with E-state index in [4.69, 9.17) is 11.6 Å². The summed E-state index contributed by atoms with van der Waals surface area (Å²) >= 11 is 6.23. The van der Waals surface area contributed by atoms with Gasteiger partial charge in [-0.2, -0.15) is 0 Å². The molecule has 2 aliphatic rings. The summed E-state index contributed by atoms with van der Waals surface area (Å²) in [7, 11) is 0. The van der Waals surface area contributed by atoms with Gasteiger partial charge in [0.25, 0.3) is 0 Å². The first-order valence-corrected chi connectivity index (χ1v) is 10.9. The van der Waals surface area contributed by atoms with Crippen LogP contribution in [-0.4, -0.2) is 49.4 Å². The topological polar surface area (TPSA) is 43.9 Å². The van der Waals surface area contributed by atoms with E-state index in [-0.39, 0.29) is 24.2 Å². The van der Waals surface area contributed by atoms with E-state index in [1.165, 1.54) is 16.8 Å². The maximum atomic E-state index is 13.1. The molecule has 2 amide bonds. The van der Waals surface area contributed by atoms with Crippen molar-refractivity contribution in [3.05, 3.63) is 58.1 Å². The highest BCUT2D eigenvalue weighted by Gasteiger charge is 2.38. The van der Waals surface area contributed by atoms with Gasteiger partial charge in [-0.1, -0.05) is 29.8 Å². The number of carbonyl (C=O) groups excluding carboxylic acids is 2. The molecule has 2 aromatic rings. The van der Waals surface area contributed by atoms with Crippen LogP contribution in [0.4, 0.5) is 11.4 Å². The first kappa shape index (κ1) is 20.7. The molecule has 2 aromatic carbocycles. The molecule has 0 radical (unpaired) electrons. The van der Waals surface area contributed by atoms with E-state index < -0.39 is 0 Å². The summed E-state index contributed by atoms with van der Waals surface area (Å²) in [4.78, 5) is 31.7. The zero-order valence-corrected chi connectivity index (χ0v) is 18.6. The third-order valence-corrected chi connectivity index (χ3v) is 6.86. The van der Waals surface area contributed by atoms with Crippen LogP contribution in [0.25, 0.3) is 0 Å². The molecule has 0 aliphatic carbocycles. The highest BCUT2D eigenvalue weighted by Crippen LogP contribution is 2.30. The number of rotatable bonds is 3. The van der Waals surface area contributed by atoms with Crippen molar-refractivity contribution in [1.29, 1.82) is 0 Å². The molecule has 0 aromatic heterocycles. The average Bonchev–Trinajstić information content (AvgIpc) is 3.13. The van der Waals surface area contributed by atoms with E-state index in [1.807, 2.05) is 30.0 Å².